The molecule has 0 aliphatic rings. The van der Waals surface area contributed by atoms with Gasteiger partial charge in [-0.15, -0.1) is 0 Å². The van der Waals surface area contributed by atoms with Crippen LogP contribution in [-0.4, -0.2) is 30.0 Å². The monoisotopic (exact) mass is 425 g/mol. The Balaban J connectivity index is 1.72. The second-order valence-electron chi connectivity index (χ2n) is 7.10. The predicted octanol–water partition coefficient (Wildman–Crippen LogP) is 4.43. The van der Waals surface area contributed by atoms with Crippen LogP contribution in [0.1, 0.15) is 27.0 Å². The highest BCUT2D eigenvalue weighted by molar-refractivity contribution is 6.33. The number of aromatic nitrogens is 1. The first-order valence-electron chi connectivity index (χ1n) is 9.47. The van der Waals surface area contributed by atoms with Crippen LogP contribution in [-0.2, 0) is 4.79 Å². The number of anilines is 1. The molecule has 0 radical (unpaired) electrons. The summed E-state index contributed by atoms with van der Waals surface area (Å²) in [6, 6.07) is 11.0. The van der Waals surface area contributed by atoms with Gasteiger partial charge in [-0.1, -0.05) is 29.3 Å². The fourth-order valence-electron chi connectivity index (χ4n) is 3.40. The van der Waals surface area contributed by atoms with Gasteiger partial charge in [-0.25, -0.2) is 0 Å². The van der Waals surface area contributed by atoms with Crippen molar-refractivity contribution in [1.29, 1.82) is 0 Å². The maximum absolute atomic E-state index is 12.7. The zero-order valence-corrected chi connectivity index (χ0v) is 18.1. The number of carbonyl (C=O) groups excluding carboxylic acids is 2. The number of halogens is 1. The zero-order valence-electron chi connectivity index (χ0n) is 17.4. The van der Waals surface area contributed by atoms with E-state index < -0.39 is 5.91 Å². The number of carbonyl (C=O) groups is 2. The van der Waals surface area contributed by atoms with Crippen molar-refractivity contribution in [3.05, 3.63) is 76.1 Å². The Kier molecular flexibility index (Phi) is 6.47. The van der Waals surface area contributed by atoms with E-state index in [9.17, 15) is 9.59 Å². The molecule has 1 heterocycles. The molecule has 0 saturated heterocycles. The molecule has 0 atom stereocenters. The van der Waals surface area contributed by atoms with Crippen LogP contribution < -0.4 is 15.4 Å². The first kappa shape index (κ1) is 21.5. The highest BCUT2D eigenvalue weighted by Crippen LogP contribution is 2.30. The fourth-order valence-corrected chi connectivity index (χ4v) is 3.66. The fraction of sp³-hybridized carbons (Fsp3) is 0.217. The number of hydrogen-bond donors (Lipinski definition) is 2. The lowest BCUT2D eigenvalue weighted by Crippen LogP contribution is -2.33. The van der Waals surface area contributed by atoms with Gasteiger partial charge in [-0.3, -0.25) is 9.59 Å². The first-order chi connectivity index (χ1) is 14.3. The van der Waals surface area contributed by atoms with Crippen LogP contribution in [0.2, 0.25) is 5.02 Å². The molecule has 3 aromatic rings. The molecule has 2 aromatic carbocycles. The minimum absolute atomic E-state index is 0.175. The summed E-state index contributed by atoms with van der Waals surface area (Å²) < 4.78 is 7.20. The number of benzene rings is 2. The molecule has 6 nitrogen and oxygen atoms in total. The van der Waals surface area contributed by atoms with E-state index in [1.54, 1.807) is 6.07 Å². The van der Waals surface area contributed by atoms with Gasteiger partial charge in [0.25, 0.3) is 5.91 Å². The van der Waals surface area contributed by atoms with Gasteiger partial charge in [-0.2, -0.15) is 0 Å². The molecule has 2 amide bonds. The summed E-state index contributed by atoms with van der Waals surface area (Å²) in [6.07, 6.45) is 3.69. The number of amides is 2. The Hall–Kier alpha value is -3.25. The van der Waals surface area contributed by atoms with E-state index in [1.165, 1.54) is 13.2 Å². The van der Waals surface area contributed by atoms with E-state index in [0.29, 0.717) is 16.5 Å². The normalized spacial score (nSPS) is 10.6. The molecule has 0 bridgehead atoms. The van der Waals surface area contributed by atoms with Crippen LogP contribution in [0.3, 0.4) is 0 Å². The Labute approximate surface area is 180 Å². The van der Waals surface area contributed by atoms with Crippen molar-refractivity contribution in [3.8, 4) is 11.4 Å². The molecule has 156 valence electrons. The largest absolute Gasteiger partial charge is 0.496 e. The molecule has 0 aliphatic heterocycles. The first-order valence-corrected chi connectivity index (χ1v) is 9.84. The van der Waals surface area contributed by atoms with Gasteiger partial charge in [0.2, 0.25) is 5.91 Å². The number of methoxy groups -OCH3 is 1. The van der Waals surface area contributed by atoms with Crippen LogP contribution >= 0.6 is 11.6 Å². The zero-order chi connectivity index (χ0) is 21.8. The molecule has 0 saturated carbocycles. The molecular formula is C23H24ClN3O3. The van der Waals surface area contributed by atoms with Crippen molar-refractivity contribution < 1.29 is 14.3 Å². The average Bonchev–Trinajstić information content (AvgIpc) is 3.23. The van der Waals surface area contributed by atoms with E-state index in [1.807, 2.05) is 62.0 Å². The minimum atomic E-state index is -0.444. The number of rotatable bonds is 6. The van der Waals surface area contributed by atoms with E-state index in [4.69, 9.17) is 16.3 Å². The van der Waals surface area contributed by atoms with E-state index >= 15 is 0 Å². The topological polar surface area (TPSA) is 72.4 Å². The van der Waals surface area contributed by atoms with Crippen LogP contribution in [0, 0.1) is 20.8 Å². The Morgan fingerprint density at radius 1 is 1.03 bits per heavy atom. The summed E-state index contributed by atoms with van der Waals surface area (Å²) in [5, 5.41) is 5.89. The molecule has 0 spiro atoms. The van der Waals surface area contributed by atoms with E-state index in [0.717, 1.165) is 22.4 Å². The Morgan fingerprint density at radius 3 is 2.27 bits per heavy atom. The molecular weight excluding hydrogens is 402 g/mol. The summed E-state index contributed by atoms with van der Waals surface area (Å²) >= 11 is 6.38. The van der Waals surface area contributed by atoms with Gasteiger partial charge >= 0.3 is 0 Å². The van der Waals surface area contributed by atoms with Crippen LogP contribution in [0.4, 0.5) is 5.69 Å². The van der Waals surface area contributed by atoms with Crippen molar-refractivity contribution >= 4 is 29.1 Å². The third-order valence-corrected chi connectivity index (χ3v) is 5.05. The van der Waals surface area contributed by atoms with Gasteiger partial charge in [0.1, 0.15) is 5.75 Å². The molecule has 7 heteroatoms. The maximum Gasteiger partial charge on any atom is 0.255 e. The Bertz CT molecular complexity index is 1070. The SMILES string of the molecule is COc1cc(-n2cccc2)c(Cl)cc1C(=O)NCC(=O)Nc1c(C)cc(C)cc1C. The number of nitrogens with zero attached hydrogens (tertiary/aromatic N) is 1. The second-order valence-corrected chi connectivity index (χ2v) is 7.51. The minimum Gasteiger partial charge on any atom is -0.496 e. The smallest absolute Gasteiger partial charge is 0.255 e. The molecule has 2 N–H and O–H groups in total. The van der Waals surface area contributed by atoms with Crippen molar-refractivity contribution in [3.63, 3.8) is 0 Å². The number of hydrogen-bond acceptors (Lipinski definition) is 3. The standard InChI is InChI=1S/C23H24ClN3O3/c1-14-9-15(2)22(16(3)10-14)26-21(28)13-25-23(29)17-11-18(24)19(12-20(17)30-4)27-7-5-6-8-27/h5-12H,13H2,1-4H3,(H,25,29)(H,26,28). The molecule has 1 aromatic heterocycles. The highest BCUT2D eigenvalue weighted by atomic mass is 35.5. The van der Waals surface area contributed by atoms with Crippen molar-refractivity contribution in [2.24, 2.45) is 0 Å². The predicted molar refractivity (Wildman–Crippen MR) is 119 cm³/mol. The quantitative estimate of drug-likeness (QED) is 0.613. The van der Waals surface area contributed by atoms with Gasteiger partial charge in [0.05, 0.1) is 29.9 Å². The maximum atomic E-state index is 12.7. The molecule has 0 aliphatic carbocycles. The summed E-state index contributed by atoms with van der Waals surface area (Å²) in [5.74, 6) is -0.390. The van der Waals surface area contributed by atoms with Gasteiger partial charge in [0, 0.05) is 24.1 Å². The summed E-state index contributed by atoms with van der Waals surface area (Å²) in [5.41, 5.74) is 4.79. The van der Waals surface area contributed by atoms with E-state index in [-0.39, 0.29) is 18.0 Å². The van der Waals surface area contributed by atoms with E-state index in [2.05, 4.69) is 10.6 Å². The van der Waals surface area contributed by atoms with Crippen molar-refractivity contribution in [1.82, 2.24) is 9.88 Å². The summed E-state index contributed by atoms with van der Waals surface area (Å²) in [4.78, 5) is 25.1. The van der Waals surface area contributed by atoms with Gasteiger partial charge in [-0.05, 0) is 50.1 Å². The van der Waals surface area contributed by atoms with Gasteiger partial charge in [0.15, 0.2) is 0 Å². The number of aryl methyl sites for hydroxylation is 3. The Morgan fingerprint density at radius 2 is 1.67 bits per heavy atom. The van der Waals surface area contributed by atoms with Crippen LogP contribution in [0.25, 0.3) is 5.69 Å². The summed E-state index contributed by atoms with van der Waals surface area (Å²) in [6.45, 7) is 5.71. The van der Waals surface area contributed by atoms with Crippen LogP contribution in [0.5, 0.6) is 5.75 Å². The lowest BCUT2D eigenvalue weighted by molar-refractivity contribution is -0.115. The highest BCUT2D eigenvalue weighted by Gasteiger charge is 2.18. The second kappa shape index (κ2) is 9.05. The molecule has 30 heavy (non-hydrogen) atoms. The van der Waals surface area contributed by atoms with Crippen molar-refractivity contribution in [2.75, 3.05) is 19.0 Å². The lowest BCUT2D eigenvalue weighted by atomic mass is 10.1. The van der Waals surface area contributed by atoms with Gasteiger partial charge < -0.3 is 19.9 Å². The van der Waals surface area contributed by atoms with Crippen LogP contribution in [0.15, 0.2) is 48.8 Å². The molecule has 0 unspecified atom stereocenters. The number of nitrogens with one attached hydrogen (secondary N) is 2. The third-order valence-electron chi connectivity index (χ3n) is 4.75. The number of ether oxygens (including phenoxy) is 1. The van der Waals surface area contributed by atoms with Crippen molar-refractivity contribution in [2.45, 2.75) is 20.8 Å². The molecule has 0 fully saturated rings. The molecule has 3 rings (SSSR count). The lowest BCUT2D eigenvalue weighted by Gasteiger charge is -2.15. The summed E-state index contributed by atoms with van der Waals surface area (Å²) in [7, 11) is 1.48. The third kappa shape index (κ3) is 4.66. The average molecular weight is 426 g/mol.